The number of unbranched alkanes of at least 4 members (excludes halogenated alkanes) is 6. The minimum Gasteiger partial charge on any atom is -0.598 e. The second-order valence-electron chi connectivity index (χ2n) is 10.7. The van der Waals surface area contributed by atoms with Gasteiger partial charge >= 0.3 is 6.18 Å². The van der Waals surface area contributed by atoms with Gasteiger partial charge in [0.15, 0.2) is 0 Å². The van der Waals surface area contributed by atoms with E-state index in [1.54, 1.807) is 37.0 Å². The number of hydrogen-bond donors (Lipinski definition) is 0. The van der Waals surface area contributed by atoms with Gasteiger partial charge < -0.3 is 9.79 Å². The van der Waals surface area contributed by atoms with Crippen molar-refractivity contribution < 1.29 is 27.5 Å². The zero-order valence-corrected chi connectivity index (χ0v) is 28.6. The van der Waals surface area contributed by atoms with Crippen LogP contribution in [-0.2, 0) is 4.57 Å². The fourth-order valence-corrected chi connectivity index (χ4v) is 11.7. The number of hydrogen-bond acceptors (Lipinski definition) is 3. The van der Waals surface area contributed by atoms with Crippen LogP contribution in [0.3, 0.4) is 0 Å². The summed E-state index contributed by atoms with van der Waals surface area (Å²) >= 11 is 0. The molecule has 0 saturated carbocycles. The lowest BCUT2D eigenvalue weighted by molar-refractivity contribution is -0.297. The summed E-state index contributed by atoms with van der Waals surface area (Å²) < 4.78 is 39.5. The van der Waals surface area contributed by atoms with Crippen LogP contribution in [0.5, 0.6) is 0 Å². The Labute approximate surface area is 232 Å². The highest BCUT2D eigenvalue weighted by molar-refractivity contribution is 7.75. The third kappa shape index (κ3) is 46.9. The van der Waals surface area contributed by atoms with Gasteiger partial charge in [0.2, 0.25) is 0 Å². The molecule has 0 spiro atoms. The van der Waals surface area contributed by atoms with Crippen LogP contribution in [-0.4, -0.2) is 56.5 Å². The summed E-state index contributed by atoms with van der Waals surface area (Å²) in [5, 5.41) is 0. The summed E-state index contributed by atoms with van der Waals surface area (Å²) in [7, 11) is -4.41. The third-order valence-electron chi connectivity index (χ3n) is 6.31. The Morgan fingerprint density at radius 3 is 0.730 bits per heavy atom. The van der Waals surface area contributed by atoms with Crippen molar-refractivity contribution in [3.8, 4) is 0 Å². The molecule has 0 rings (SSSR count). The van der Waals surface area contributed by atoms with E-state index in [9.17, 15) is 13.2 Å². The molecule has 0 bridgehead atoms. The van der Waals surface area contributed by atoms with Gasteiger partial charge in [0.05, 0.1) is 37.0 Å². The topological polar surface area (TPSA) is 63.2 Å². The van der Waals surface area contributed by atoms with Crippen molar-refractivity contribution in [3.05, 3.63) is 0 Å². The lowest BCUT2D eigenvalue weighted by Gasteiger charge is -2.22. The van der Waals surface area contributed by atoms with Gasteiger partial charge in [0.1, 0.15) is 0 Å². The molecule has 0 aromatic carbocycles. The van der Waals surface area contributed by atoms with Crippen molar-refractivity contribution in [2.45, 2.75) is 132 Å². The second-order valence-corrected chi connectivity index (χ2v) is 20.3. The van der Waals surface area contributed by atoms with Crippen LogP contribution in [0.15, 0.2) is 0 Å². The van der Waals surface area contributed by atoms with Gasteiger partial charge in [-0.05, 0) is 38.5 Å². The number of halogens is 3. The average molecular weight is 598 g/mol. The van der Waals surface area contributed by atoms with Gasteiger partial charge in [-0.1, -0.05) is 84.6 Å². The van der Waals surface area contributed by atoms with E-state index in [-0.39, 0.29) is 6.92 Å². The van der Waals surface area contributed by atoms with Crippen molar-refractivity contribution in [2.75, 3.05) is 50.3 Å². The van der Waals surface area contributed by atoms with E-state index in [0.717, 1.165) is 0 Å². The number of rotatable bonds is 18. The maximum atomic E-state index is 10.4. The van der Waals surface area contributed by atoms with Gasteiger partial charge in [0, 0.05) is 34.8 Å². The summed E-state index contributed by atoms with van der Waals surface area (Å²) in [5.41, 5.74) is 0. The monoisotopic (exact) mass is 597 g/mol. The highest BCUT2D eigenvalue weighted by Gasteiger charge is 2.29. The summed E-state index contributed by atoms with van der Waals surface area (Å²) in [6.45, 7) is 19.4. The molecule has 0 unspecified atom stereocenters. The quantitative estimate of drug-likeness (QED) is 0.148. The van der Waals surface area contributed by atoms with Crippen molar-refractivity contribution >= 4 is 22.8 Å². The van der Waals surface area contributed by atoms with Gasteiger partial charge in [-0.2, -0.15) is 13.2 Å². The van der Waals surface area contributed by atoms with Gasteiger partial charge in [-0.3, -0.25) is 0 Å². The van der Waals surface area contributed by atoms with E-state index in [1.807, 2.05) is 0 Å². The Morgan fingerprint density at radius 2 is 0.649 bits per heavy atom. The smallest absolute Gasteiger partial charge is 0.386 e. The van der Waals surface area contributed by atoms with Gasteiger partial charge in [-0.25, -0.2) is 0 Å². The Morgan fingerprint density at radius 1 is 0.541 bits per heavy atom. The highest BCUT2D eigenvalue weighted by Crippen LogP contribution is 2.57. The normalized spacial score (nSPS) is 11.4. The minimum absolute atomic E-state index is 0.188. The second kappa shape index (κ2) is 29.6. The Hall–Kier alpha value is 0.670. The molecular weight excluding hydrogens is 534 g/mol. The van der Waals surface area contributed by atoms with Crippen LogP contribution in [0.25, 0.3) is 0 Å². The molecular formula is C28H63F3O3P3+. The largest absolute Gasteiger partial charge is 0.598 e. The van der Waals surface area contributed by atoms with Gasteiger partial charge in [0.25, 0.3) is 8.25 Å². The predicted octanol–water partition coefficient (Wildman–Crippen LogP) is 10.0. The SMILES string of the molecule is CC(F)(F)F.CCCC[P+](C)(CCCC)CCCC.CCCC[P+](C)(CCCC)CCCC.O=[P+]([O-])[O-]. The molecule has 0 heterocycles. The van der Waals surface area contributed by atoms with Crippen LogP contribution in [0.2, 0.25) is 0 Å². The molecule has 0 aromatic heterocycles. The molecule has 0 amide bonds. The molecule has 0 aliphatic heterocycles. The van der Waals surface area contributed by atoms with E-state index < -0.39 is 29.0 Å². The zero-order chi connectivity index (χ0) is 29.8. The predicted molar refractivity (Wildman–Crippen MR) is 164 cm³/mol. The van der Waals surface area contributed by atoms with Crippen LogP contribution in [0, 0.1) is 0 Å². The van der Waals surface area contributed by atoms with Crippen LogP contribution in [0.4, 0.5) is 13.2 Å². The molecule has 0 atom stereocenters. The Kier molecular flexibility index (Phi) is 35.8. The first-order valence-electron chi connectivity index (χ1n) is 14.6. The average Bonchev–Trinajstić information content (AvgIpc) is 2.80. The van der Waals surface area contributed by atoms with Crippen molar-refractivity contribution in [3.63, 3.8) is 0 Å². The number of alkyl halides is 3. The van der Waals surface area contributed by atoms with Gasteiger partial charge in [-0.15, -0.1) is 0 Å². The molecule has 228 valence electrons. The highest BCUT2D eigenvalue weighted by atomic mass is 31.2. The first kappa shape index (κ1) is 44.7. The summed E-state index contributed by atoms with van der Waals surface area (Å²) in [6, 6.07) is 0. The minimum atomic E-state index is -4.00. The van der Waals surface area contributed by atoms with Crippen molar-refractivity contribution in [1.29, 1.82) is 0 Å². The standard InChI is InChI=1S/2C13H30P.C2H3F3.HO3P/c2*1-5-8-11-14(4,12-9-6-2)13-10-7-3;1-2(3,4)5;1-4(2)3/h2*5-13H2,1-4H3;1H3;(H,1,2,3)/q2*+1;;/p-1. The van der Waals surface area contributed by atoms with E-state index in [2.05, 4.69) is 54.9 Å². The molecule has 0 aliphatic rings. The van der Waals surface area contributed by atoms with E-state index in [4.69, 9.17) is 14.4 Å². The van der Waals surface area contributed by atoms with Crippen LogP contribution in [0.1, 0.15) is 126 Å². The van der Waals surface area contributed by atoms with E-state index >= 15 is 0 Å². The molecule has 0 saturated heterocycles. The molecule has 0 N–H and O–H groups in total. The van der Waals surface area contributed by atoms with E-state index in [0.29, 0.717) is 0 Å². The molecule has 37 heavy (non-hydrogen) atoms. The van der Waals surface area contributed by atoms with Crippen LogP contribution < -0.4 is 9.79 Å². The molecule has 0 aromatic rings. The Balaban J connectivity index is -0.000000222. The lowest BCUT2D eigenvalue weighted by Crippen LogP contribution is -2.07. The fourth-order valence-electron chi connectivity index (χ4n) is 3.91. The molecule has 0 fully saturated rings. The lowest BCUT2D eigenvalue weighted by atomic mass is 10.4. The van der Waals surface area contributed by atoms with Crippen molar-refractivity contribution in [1.82, 2.24) is 0 Å². The maximum Gasteiger partial charge on any atom is 0.386 e. The zero-order valence-electron chi connectivity index (χ0n) is 25.9. The first-order valence-corrected chi connectivity index (χ1v) is 21.3. The van der Waals surface area contributed by atoms with Crippen LogP contribution >= 0.6 is 22.8 Å². The molecule has 9 heteroatoms. The molecule has 0 aliphatic carbocycles. The van der Waals surface area contributed by atoms with E-state index in [1.165, 1.54) is 77.0 Å². The maximum absolute atomic E-state index is 10.4. The summed E-state index contributed by atoms with van der Waals surface area (Å²) in [5.74, 6) is 0. The molecule has 3 nitrogen and oxygen atoms in total. The molecule has 0 radical (unpaired) electrons. The fraction of sp³-hybridized carbons (Fsp3) is 1.00. The summed E-state index contributed by atoms with van der Waals surface area (Å²) in [4.78, 5) is 17.0. The summed E-state index contributed by atoms with van der Waals surface area (Å²) in [6.07, 6.45) is 22.5. The Bertz CT molecular complexity index is 396. The van der Waals surface area contributed by atoms with Crippen molar-refractivity contribution in [2.24, 2.45) is 0 Å². The third-order valence-corrected chi connectivity index (χ3v) is 14.7. The first-order chi connectivity index (χ1) is 17.1.